The van der Waals surface area contributed by atoms with Crippen molar-refractivity contribution in [3.05, 3.63) is 63.8 Å². The molecule has 1 heterocycles. The normalized spacial score (nSPS) is 10.3. The van der Waals surface area contributed by atoms with Crippen LogP contribution < -0.4 is 38.2 Å². The van der Waals surface area contributed by atoms with E-state index in [1.54, 1.807) is 7.11 Å². The van der Waals surface area contributed by atoms with Crippen LogP contribution in [0.3, 0.4) is 0 Å². The minimum atomic E-state index is -0.431. The number of nitrogens with two attached hydrogens (primary N) is 1. The van der Waals surface area contributed by atoms with Crippen LogP contribution >= 0.6 is 15.9 Å². The van der Waals surface area contributed by atoms with Gasteiger partial charge in [-0.15, -0.1) is 0 Å². The number of methoxy groups -OCH3 is 1. The number of anilines is 1. The average molecular weight is 512 g/mol. The Morgan fingerprint density at radius 1 is 1.16 bits per heavy atom. The molecule has 0 aliphatic rings. The van der Waals surface area contributed by atoms with Crippen molar-refractivity contribution in [2.24, 2.45) is 0 Å². The fourth-order valence-corrected chi connectivity index (χ4v) is 3.28. The molecule has 0 saturated heterocycles. The number of nitrogen functional groups attached to an aromatic ring is 1. The Balaban J connectivity index is 0.00000341. The second kappa shape index (κ2) is 12.1. The van der Waals surface area contributed by atoms with E-state index >= 15 is 0 Å². The molecule has 9 nitrogen and oxygen atoms in total. The summed E-state index contributed by atoms with van der Waals surface area (Å²) in [4.78, 5) is 11.9. The fraction of sp³-hybridized carbons (Fsp3) is 0.250. The molecule has 1 amide bonds. The van der Waals surface area contributed by atoms with Crippen LogP contribution in [0.25, 0.3) is 0 Å². The van der Waals surface area contributed by atoms with Crippen LogP contribution in [-0.2, 0) is 13.2 Å². The van der Waals surface area contributed by atoms with Crippen molar-refractivity contribution in [2.45, 2.75) is 13.2 Å². The van der Waals surface area contributed by atoms with Crippen molar-refractivity contribution in [2.75, 3.05) is 25.9 Å². The smallest absolute Gasteiger partial charge is 0.277 e. The van der Waals surface area contributed by atoms with Gasteiger partial charge in [0, 0.05) is 19.6 Å². The van der Waals surface area contributed by atoms with E-state index in [0.29, 0.717) is 37.7 Å². The molecule has 0 unspecified atom stereocenters. The molecular formula is C20H22BrClN5O4-. The number of amides is 1. The summed E-state index contributed by atoms with van der Waals surface area (Å²) in [5, 5.41) is 12.8. The van der Waals surface area contributed by atoms with Crippen molar-refractivity contribution >= 4 is 27.7 Å². The van der Waals surface area contributed by atoms with E-state index in [9.17, 15) is 4.79 Å². The molecule has 3 rings (SSSR count). The third kappa shape index (κ3) is 6.84. The maximum absolute atomic E-state index is 11.9. The number of nitrogens with zero attached hydrogens (tertiary/aromatic N) is 2. The zero-order chi connectivity index (χ0) is 21.3. The molecule has 166 valence electrons. The molecule has 1 aromatic heterocycles. The number of carbonyl (C=O) groups excluding carboxylic acids is 1. The number of nitrogens with one attached hydrogen (secondary N) is 2. The largest absolute Gasteiger partial charge is 1.00 e. The maximum Gasteiger partial charge on any atom is 0.277 e. The van der Waals surface area contributed by atoms with Gasteiger partial charge in [-0.1, -0.05) is 30.3 Å². The number of ether oxygens (including phenoxy) is 2. The number of hydrogen-bond donors (Lipinski definition) is 3. The van der Waals surface area contributed by atoms with Crippen LogP contribution in [0, 0.1) is 0 Å². The lowest BCUT2D eigenvalue weighted by Gasteiger charge is -2.15. The second-order valence-corrected chi connectivity index (χ2v) is 7.17. The number of aromatic nitrogens is 2. The van der Waals surface area contributed by atoms with Crippen molar-refractivity contribution in [1.82, 2.24) is 20.9 Å². The molecule has 31 heavy (non-hydrogen) atoms. The maximum atomic E-state index is 11.9. The topological polar surface area (TPSA) is 125 Å². The highest BCUT2D eigenvalue weighted by Crippen LogP contribution is 2.37. The van der Waals surface area contributed by atoms with Crippen LogP contribution in [-0.4, -0.2) is 36.4 Å². The summed E-state index contributed by atoms with van der Waals surface area (Å²) in [5.41, 5.74) is 7.54. The molecule has 0 radical (unpaired) electrons. The zero-order valence-corrected chi connectivity index (χ0v) is 19.1. The highest BCUT2D eigenvalue weighted by Gasteiger charge is 2.15. The van der Waals surface area contributed by atoms with Crippen LogP contribution in [0.5, 0.6) is 11.5 Å². The minimum Gasteiger partial charge on any atom is -1.00 e. The lowest BCUT2D eigenvalue weighted by atomic mass is 10.2. The summed E-state index contributed by atoms with van der Waals surface area (Å²) in [7, 11) is 1.61. The Morgan fingerprint density at radius 2 is 1.94 bits per heavy atom. The Morgan fingerprint density at radius 3 is 2.61 bits per heavy atom. The standard InChI is InChI=1S/C20H22BrN5O4.ClH/c1-28-16-10-14(9-15(21)18(16)29-12-13-5-3-2-4-6-13)11-23-7-8-24-20(27)17-19(22)26-30-25-17;/h2-6,9-10,23H,7-8,11-12H2,1H3,(H2,22,26)(H,24,27);1H/p-1. The van der Waals surface area contributed by atoms with Gasteiger partial charge in [0.25, 0.3) is 5.91 Å². The molecular weight excluding hydrogens is 490 g/mol. The first-order valence-corrected chi connectivity index (χ1v) is 9.98. The summed E-state index contributed by atoms with van der Waals surface area (Å²) in [6.45, 7) is 1.96. The third-order valence-electron chi connectivity index (χ3n) is 4.16. The van der Waals surface area contributed by atoms with Crippen molar-refractivity contribution in [3.63, 3.8) is 0 Å². The van der Waals surface area contributed by atoms with Crippen LogP contribution in [0.4, 0.5) is 5.82 Å². The number of rotatable bonds is 10. The molecule has 3 aromatic rings. The van der Waals surface area contributed by atoms with Crippen LogP contribution in [0.2, 0.25) is 0 Å². The average Bonchev–Trinajstić information content (AvgIpc) is 3.19. The van der Waals surface area contributed by atoms with Gasteiger partial charge in [-0.25, -0.2) is 4.63 Å². The van der Waals surface area contributed by atoms with E-state index in [2.05, 4.69) is 41.5 Å². The van der Waals surface area contributed by atoms with Gasteiger partial charge in [-0.2, -0.15) is 0 Å². The molecule has 4 N–H and O–H groups in total. The zero-order valence-electron chi connectivity index (χ0n) is 16.7. The van der Waals surface area contributed by atoms with Crippen molar-refractivity contribution < 1.29 is 31.3 Å². The molecule has 0 spiro atoms. The molecule has 0 atom stereocenters. The van der Waals surface area contributed by atoms with E-state index in [0.717, 1.165) is 15.6 Å². The minimum absolute atomic E-state index is 0. The van der Waals surface area contributed by atoms with Gasteiger partial charge in [0.2, 0.25) is 11.5 Å². The Hall–Kier alpha value is -2.82. The second-order valence-electron chi connectivity index (χ2n) is 6.31. The van der Waals surface area contributed by atoms with Crippen LogP contribution in [0.15, 0.2) is 51.6 Å². The molecule has 0 saturated carbocycles. The predicted molar refractivity (Wildman–Crippen MR) is 114 cm³/mol. The fourth-order valence-electron chi connectivity index (χ4n) is 2.68. The van der Waals surface area contributed by atoms with E-state index in [1.807, 2.05) is 42.5 Å². The predicted octanol–water partition coefficient (Wildman–Crippen LogP) is -0.474. The molecule has 0 aliphatic heterocycles. The van der Waals surface area contributed by atoms with Crippen molar-refractivity contribution in [3.8, 4) is 11.5 Å². The highest BCUT2D eigenvalue weighted by molar-refractivity contribution is 9.10. The summed E-state index contributed by atoms with van der Waals surface area (Å²) < 4.78 is 16.7. The highest BCUT2D eigenvalue weighted by atomic mass is 79.9. The van der Waals surface area contributed by atoms with E-state index < -0.39 is 5.91 Å². The molecule has 0 aliphatic carbocycles. The molecule has 2 aromatic carbocycles. The first kappa shape index (κ1) is 24.4. The SMILES string of the molecule is COc1cc(CNCCNC(=O)c2nonc2N)cc(Br)c1OCc1ccccc1.[Cl-]. The molecule has 11 heteroatoms. The van der Waals surface area contributed by atoms with E-state index in [4.69, 9.17) is 15.2 Å². The van der Waals surface area contributed by atoms with Gasteiger partial charge < -0.3 is 38.2 Å². The monoisotopic (exact) mass is 510 g/mol. The van der Waals surface area contributed by atoms with Gasteiger partial charge in [0.05, 0.1) is 11.6 Å². The Labute approximate surface area is 194 Å². The van der Waals surface area contributed by atoms with E-state index in [1.165, 1.54) is 0 Å². The molecule has 0 fully saturated rings. The first-order valence-electron chi connectivity index (χ1n) is 9.18. The molecule has 0 bridgehead atoms. The number of carbonyl (C=O) groups is 1. The summed E-state index contributed by atoms with van der Waals surface area (Å²) in [6, 6.07) is 13.8. The number of benzene rings is 2. The van der Waals surface area contributed by atoms with Gasteiger partial charge in [-0.05, 0) is 49.5 Å². The summed E-state index contributed by atoms with van der Waals surface area (Å²) in [5.74, 6) is 0.822. The third-order valence-corrected chi connectivity index (χ3v) is 4.75. The number of hydrogen-bond acceptors (Lipinski definition) is 8. The summed E-state index contributed by atoms with van der Waals surface area (Å²) in [6.07, 6.45) is 0. The van der Waals surface area contributed by atoms with Gasteiger partial charge in [0.1, 0.15) is 6.61 Å². The lowest BCUT2D eigenvalue weighted by molar-refractivity contribution is -0.0000154. The lowest BCUT2D eigenvalue weighted by Crippen LogP contribution is -3.00. The quantitative estimate of drug-likeness (QED) is 0.312. The Kier molecular flexibility index (Phi) is 9.57. The van der Waals surface area contributed by atoms with Gasteiger partial charge in [0.15, 0.2) is 11.5 Å². The van der Waals surface area contributed by atoms with Crippen molar-refractivity contribution in [1.29, 1.82) is 0 Å². The van der Waals surface area contributed by atoms with Gasteiger partial charge >= 0.3 is 0 Å². The summed E-state index contributed by atoms with van der Waals surface area (Å²) >= 11 is 3.56. The number of halogens is 2. The van der Waals surface area contributed by atoms with Gasteiger partial charge in [-0.3, -0.25) is 4.79 Å². The first-order chi connectivity index (χ1) is 14.6. The Bertz CT molecular complexity index is 987. The van der Waals surface area contributed by atoms with Crippen LogP contribution in [0.1, 0.15) is 21.6 Å². The van der Waals surface area contributed by atoms with E-state index in [-0.39, 0.29) is 23.9 Å².